The summed E-state index contributed by atoms with van der Waals surface area (Å²) in [7, 11) is 0. The van der Waals surface area contributed by atoms with Crippen molar-refractivity contribution in [3.8, 4) is 5.75 Å². The summed E-state index contributed by atoms with van der Waals surface area (Å²) in [6.45, 7) is 2.38. The van der Waals surface area contributed by atoms with Crippen LogP contribution in [0.3, 0.4) is 0 Å². The van der Waals surface area contributed by atoms with Crippen LogP contribution in [0.15, 0.2) is 23.2 Å². The van der Waals surface area contributed by atoms with Gasteiger partial charge in [0.2, 0.25) is 0 Å². The first kappa shape index (κ1) is 14.6. The van der Waals surface area contributed by atoms with E-state index in [1.807, 2.05) is 6.92 Å². The molecule has 2 rings (SSSR count). The maximum Gasteiger partial charge on any atom is 0.349 e. The molecule has 20 heavy (non-hydrogen) atoms. The van der Waals surface area contributed by atoms with Crippen LogP contribution < -0.4 is 4.74 Å². The van der Waals surface area contributed by atoms with Gasteiger partial charge in [-0.2, -0.15) is 0 Å². The number of aromatic carboxylic acids is 1. The molecule has 1 N–H and O–H groups in total. The van der Waals surface area contributed by atoms with Crippen LogP contribution in [-0.2, 0) is 4.79 Å². The van der Waals surface area contributed by atoms with Gasteiger partial charge in [0.25, 0.3) is 5.91 Å². The van der Waals surface area contributed by atoms with Crippen LogP contribution in [0.2, 0.25) is 0 Å². The normalized spacial score (nSPS) is 13.9. The van der Waals surface area contributed by atoms with Crippen molar-refractivity contribution in [2.24, 2.45) is 0 Å². The molecule has 1 aromatic heterocycles. The first-order valence-corrected chi connectivity index (χ1v) is 7.44. The Kier molecular flexibility index (Phi) is 4.79. The topological polar surface area (TPSA) is 66.8 Å². The Hall–Kier alpha value is -1.82. The Labute approximate surface area is 121 Å². The fourth-order valence-electron chi connectivity index (χ4n) is 2.22. The summed E-state index contributed by atoms with van der Waals surface area (Å²) >= 11 is 1.09. The van der Waals surface area contributed by atoms with Gasteiger partial charge in [0.15, 0.2) is 11.5 Å². The zero-order valence-corrected chi connectivity index (χ0v) is 12.1. The van der Waals surface area contributed by atoms with Gasteiger partial charge in [-0.05, 0) is 37.6 Å². The van der Waals surface area contributed by atoms with Crippen molar-refractivity contribution in [2.45, 2.75) is 26.2 Å². The zero-order chi connectivity index (χ0) is 14.5. The van der Waals surface area contributed by atoms with E-state index in [0.29, 0.717) is 6.54 Å². The number of thiophene rings is 1. The largest absolute Gasteiger partial charge is 0.482 e. The fourth-order valence-corrected chi connectivity index (χ4v) is 2.89. The van der Waals surface area contributed by atoms with Crippen molar-refractivity contribution in [3.63, 3.8) is 0 Å². The number of carboxylic acids is 1. The van der Waals surface area contributed by atoms with Crippen molar-refractivity contribution in [3.05, 3.63) is 28.1 Å². The van der Waals surface area contributed by atoms with E-state index in [1.165, 1.54) is 0 Å². The van der Waals surface area contributed by atoms with Gasteiger partial charge < -0.3 is 14.7 Å². The van der Waals surface area contributed by atoms with Gasteiger partial charge in [0.1, 0.15) is 5.75 Å². The molecule has 0 aromatic carbocycles. The highest BCUT2D eigenvalue weighted by molar-refractivity contribution is 7.12. The lowest BCUT2D eigenvalue weighted by Gasteiger charge is -2.22. The monoisotopic (exact) mass is 295 g/mol. The number of hydrogen-bond acceptors (Lipinski definition) is 4. The number of hydrogen-bond donors (Lipinski definition) is 1. The minimum absolute atomic E-state index is 0.126. The third-order valence-corrected chi connectivity index (χ3v) is 4.04. The molecule has 0 saturated heterocycles. The van der Waals surface area contributed by atoms with Crippen molar-refractivity contribution in [1.29, 1.82) is 0 Å². The number of carboxylic acid groups (broad SMARTS) is 1. The molecule has 5 nitrogen and oxygen atoms in total. The number of ether oxygens (including phenoxy) is 1. The van der Waals surface area contributed by atoms with E-state index in [1.54, 1.807) is 16.3 Å². The highest BCUT2D eigenvalue weighted by Crippen LogP contribution is 2.25. The fraction of sp³-hybridized carbons (Fsp3) is 0.429. The van der Waals surface area contributed by atoms with E-state index in [4.69, 9.17) is 9.84 Å². The van der Waals surface area contributed by atoms with Gasteiger partial charge >= 0.3 is 5.97 Å². The van der Waals surface area contributed by atoms with Crippen LogP contribution in [-0.4, -0.2) is 35.0 Å². The van der Waals surface area contributed by atoms with Crippen molar-refractivity contribution in [2.75, 3.05) is 13.2 Å². The molecule has 0 fully saturated rings. The first-order valence-electron chi connectivity index (χ1n) is 6.56. The van der Waals surface area contributed by atoms with Gasteiger partial charge in [0.05, 0.1) is 0 Å². The minimum atomic E-state index is -1.03. The van der Waals surface area contributed by atoms with Crippen LogP contribution >= 0.6 is 11.3 Å². The molecule has 0 saturated carbocycles. The minimum Gasteiger partial charge on any atom is -0.482 e. The summed E-state index contributed by atoms with van der Waals surface area (Å²) < 4.78 is 5.35. The lowest BCUT2D eigenvalue weighted by molar-refractivity contribution is -0.131. The lowest BCUT2D eigenvalue weighted by atomic mass is 10.3. The number of amides is 1. The molecule has 1 amide bonds. The maximum absolute atomic E-state index is 12.2. The van der Waals surface area contributed by atoms with E-state index in [-0.39, 0.29) is 23.1 Å². The summed E-state index contributed by atoms with van der Waals surface area (Å²) in [5.41, 5.74) is 1.05. The van der Waals surface area contributed by atoms with E-state index in [2.05, 4.69) is 6.08 Å². The number of carbonyl (C=O) groups excluding carboxylic acids is 1. The Balaban J connectivity index is 1.97. The van der Waals surface area contributed by atoms with E-state index >= 15 is 0 Å². The molecular formula is C14H17NO4S. The van der Waals surface area contributed by atoms with Crippen molar-refractivity contribution < 1.29 is 19.4 Å². The molecule has 0 bridgehead atoms. The predicted octanol–water partition coefficient (Wildman–Crippen LogP) is 2.74. The third-order valence-electron chi connectivity index (χ3n) is 3.16. The maximum atomic E-state index is 12.2. The van der Waals surface area contributed by atoms with E-state index in [9.17, 15) is 9.59 Å². The Morgan fingerprint density at radius 3 is 2.90 bits per heavy atom. The molecule has 0 unspecified atom stereocenters. The Morgan fingerprint density at radius 1 is 1.50 bits per heavy atom. The summed E-state index contributed by atoms with van der Waals surface area (Å²) in [6.07, 6.45) is 5.08. The smallest absolute Gasteiger partial charge is 0.349 e. The van der Waals surface area contributed by atoms with Gasteiger partial charge in [0, 0.05) is 12.2 Å². The molecule has 1 aromatic rings. The van der Waals surface area contributed by atoms with E-state index < -0.39 is 5.97 Å². The summed E-state index contributed by atoms with van der Waals surface area (Å²) in [5, 5.41) is 10.6. The molecule has 1 heterocycles. The molecule has 0 radical (unpaired) electrons. The molecular weight excluding hydrogens is 278 g/mol. The molecule has 6 heteroatoms. The molecule has 1 aliphatic rings. The molecule has 1 aliphatic carbocycles. The number of likely N-dealkylation sites (N-methyl/N-ethyl adjacent to an activating group) is 1. The lowest BCUT2D eigenvalue weighted by Crippen LogP contribution is -2.33. The summed E-state index contributed by atoms with van der Waals surface area (Å²) in [4.78, 5) is 24.9. The Bertz CT molecular complexity index is 535. The molecule has 0 aliphatic heterocycles. The van der Waals surface area contributed by atoms with E-state index in [0.717, 1.165) is 36.3 Å². The second kappa shape index (κ2) is 6.56. The van der Waals surface area contributed by atoms with Gasteiger partial charge in [-0.1, -0.05) is 6.08 Å². The first-order chi connectivity index (χ1) is 9.63. The van der Waals surface area contributed by atoms with Crippen molar-refractivity contribution in [1.82, 2.24) is 4.90 Å². The second-order valence-corrected chi connectivity index (χ2v) is 5.35. The van der Waals surface area contributed by atoms with Crippen LogP contribution in [0, 0.1) is 0 Å². The van der Waals surface area contributed by atoms with Crippen LogP contribution in [0.25, 0.3) is 0 Å². The molecule has 0 spiro atoms. The third kappa shape index (κ3) is 3.19. The number of carbonyl (C=O) groups is 2. The molecule has 108 valence electrons. The number of allylic oxidation sites excluding steroid dienone is 2. The SMILES string of the molecule is CCN(C(=O)COc1ccsc1C(=O)O)C1=CCCC1. The van der Waals surface area contributed by atoms with Crippen LogP contribution in [0.1, 0.15) is 35.9 Å². The van der Waals surface area contributed by atoms with Crippen LogP contribution in [0.4, 0.5) is 0 Å². The van der Waals surface area contributed by atoms with Gasteiger partial charge in [-0.3, -0.25) is 4.79 Å². The van der Waals surface area contributed by atoms with Crippen LogP contribution in [0.5, 0.6) is 5.75 Å². The number of rotatable bonds is 6. The predicted molar refractivity (Wildman–Crippen MR) is 76.1 cm³/mol. The Morgan fingerprint density at radius 2 is 2.30 bits per heavy atom. The zero-order valence-electron chi connectivity index (χ0n) is 11.3. The number of nitrogens with zero attached hydrogens (tertiary/aromatic N) is 1. The highest BCUT2D eigenvalue weighted by atomic mass is 32.1. The summed E-state index contributed by atoms with van der Waals surface area (Å²) in [5.74, 6) is -0.913. The highest BCUT2D eigenvalue weighted by Gasteiger charge is 2.20. The standard InChI is InChI=1S/C14H17NO4S/c1-2-15(10-5-3-4-6-10)12(16)9-19-11-7-8-20-13(11)14(17)18/h5,7-8H,2-4,6,9H2,1H3,(H,17,18). The quantitative estimate of drug-likeness (QED) is 0.876. The van der Waals surface area contributed by atoms with Crippen molar-refractivity contribution >= 4 is 23.2 Å². The summed E-state index contributed by atoms with van der Waals surface area (Å²) in [6, 6.07) is 1.58. The average molecular weight is 295 g/mol. The second-order valence-electron chi connectivity index (χ2n) is 4.43. The molecule has 0 atom stereocenters. The van der Waals surface area contributed by atoms with Gasteiger partial charge in [-0.25, -0.2) is 4.79 Å². The van der Waals surface area contributed by atoms with Gasteiger partial charge in [-0.15, -0.1) is 11.3 Å². The average Bonchev–Trinajstić information content (AvgIpc) is 3.08.